The lowest BCUT2D eigenvalue weighted by molar-refractivity contribution is -0.384. The number of hydrogen-bond donors (Lipinski definition) is 1. The van der Waals surface area contributed by atoms with E-state index in [4.69, 9.17) is 4.74 Å². The zero-order valence-electron chi connectivity index (χ0n) is 12.0. The van der Waals surface area contributed by atoms with Crippen molar-refractivity contribution in [3.05, 3.63) is 58.5 Å². The number of phenols is 1. The molecule has 0 amide bonds. The largest absolute Gasteiger partial charge is 0.504 e. The first-order chi connectivity index (χ1) is 11.0. The van der Waals surface area contributed by atoms with Gasteiger partial charge in [-0.1, -0.05) is 11.2 Å². The maximum absolute atomic E-state index is 10.9. The molecule has 1 aromatic heterocycles. The van der Waals surface area contributed by atoms with Crippen LogP contribution in [0.3, 0.4) is 0 Å². The van der Waals surface area contributed by atoms with Crippen LogP contribution in [0.2, 0.25) is 0 Å². The molecule has 0 aliphatic rings. The number of aromatic nitrogens is 2. The van der Waals surface area contributed by atoms with Gasteiger partial charge in [0, 0.05) is 12.1 Å². The number of hydrogen-bond acceptors (Lipinski definition) is 7. The number of phenolic OH excluding ortho intramolecular Hbond substituents is 1. The topological polar surface area (TPSA) is 112 Å². The number of nitro benzene ring substituents is 1. The first kappa shape index (κ1) is 14.5. The summed E-state index contributed by atoms with van der Waals surface area (Å²) in [5.41, 5.74) is 1.02. The Hall–Kier alpha value is -3.42. The molecule has 8 nitrogen and oxygen atoms in total. The lowest BCUT2D eigenvalue weighted by Crippen LogP contribution is -1.94. The van der Waals surface area contributed by atoms with Crippen LogP contribution in [-0.4, -0.2) is 20.2 Å². The minimum absolute atomic E-state index is 0.0394. The Morgan fingerprint density at radius 2 is 2.00 bits per heavy atom. The maximum atomic E-state index is 10.9. The molecule has 3 aromatic rings. The average Bonchev–Trinajstić information content (AvgIpc) is 3.04. The highest BCUT2D eigenvalue weighted by atomic mass is 16.6. The van der Waals surface area contributed by atoms with E-state index in [1.807, 2.05) is 6.92 Å². The lowest BCUT2D eigenvalue weighted by Gasteiger charge is -2.10. The van der Waals surface area contributed by atoms with E-state index in [1.54, 1.807) is 18.2 Å². The van der Waals surface area contributed by atoms with Gasteiger partial charge in [-0.3, -0.25) is 10.1 Å². The normalized spacial score (nSPS) is 10.5. The number of nitrogens with zero attached hydrogens (tertiary/aromatic N) is 3. The van der Waals surface area contributed by atoms with E-state index < -0.39 is 4.92 Å². The Morgan fingerprint density at radius 1 is 1.22 bits per heavy atom. The van der Waals surface area contributed by atoms with Gasteiger partial charge in [0.05, 0.1) is 10.5 Å². The van der Waals surface area contributed by atoms with Crippen LogP contribution in [0.15, 0.2) is 47.3 Å². The van der Waals surface area contributed by atoms with Gasteiger partial charge in [0.1, 0.15) is 5.75 Å². The van der Waals surface area contributed by atoms with Gasteiger partial charge in [-0.15, -0.1) is 0 Å². The molecule has 0 radical (unpaired) electrons. The number of aryl methyl sites for hydroxylation is 1. The third-order valence-electron chi connectivity index (χ3n) is 3.11. The highest BCUT2D eigenvalue weighted by Gasteiger charge is 2.18. The van der Waals surface area contributed by atoms with E-state index in [9.17, 15) is 15.2 Å². The number of nitro groups is 1. The molecule has 0 unspecified atom stereocenters. The van der Waals surface area contributed by atoms with Gasteiger partial charge in [-0.05, 0) is 30.7 Å². The highest BCUT2D eigenvalue weighted by molar-refractivity contribution is 5.68. The van der Waals surface area contributed by atoms with Crippen LogP contribution in [0.25, 0.3) is 11.4 Å². The lowest BCUT2D eigenvalue weighted by atomic mass is 10.1. The molecule has 0 spiro atoms. The van der Waals surface area contributed by atoms with Gasteiger partial charge >= 0.3 is 0 Å². The number of ether oxygens (including phenoxy) is 1. The molecule has 0 fully saturated rings. The highest BCUT2D eigenvalue weighted by Crippen LogP contribution is 2.37. The van der Waals surface area contributed by atoms with E-state index in [1.165, 1.54) is 18.2 Å². The number of non-ortho nitro benzene ring substituents is 1. The van der Waals surface area contributed by atoms with E-state index >= 15 is 0 Å². The zero-order valence-corrected chi connectivity index (χ0v) is 12.0. The summed E-state index contributed by atoms with van der Waals surface area (Å²) in [4.78, 5) is 14.3. The Bertz CT molecular complexity index is 862. The Balaban J connectivity index is 2.06. The van der Waals surface area contributed by atoms with Gasteiger partial charge in [0.25, 0.3) is 5.69 Å². The summed E-state index contributed by atoms with van der Waals surface area (Å²) in [7, 11) is 0. The minimum atomic E-state index is -0.531. The summed E-state index contributed by atoms with van der Waals surface area (Å²) in [6, 6.07) is 8.92. The molecule has 23 heavy (non-hydrogen) atoms. The second kappa shape index (κ2) is 5.76. The molecule has 0 atom stereocenters. The Labute approximate surface area is 130 Å². The quantitative estimate of drug-likeness (QED) is 0.580. The molecule has 8 heteroatoms. The first-order valence-corrected chi connectivity index (χ1v) is 6.57. The van der Waals surface area contributed by atoms with Crippen molar-refractivity contribution < 1.29 is 19.3 Å². The van der Waals surface area contributed by atoms with E-state index in [0.29, 0.717) is 0 Å². The van der Waals surface area contributed by atoms with Crippen LogP contribution < -0.4 is 4.74 Å². The summed E-state index contributed by atoms with van der Waals surface area (Å²) in [6.07, 6.45) is 1.11. The van der Waals surface area contributed by atoms with Crippen molar-refractivity contribution in [3.8, 4) is 28.6 Å². The van der Waals surface area contributed by atoms with Gasteiger partial charge in [-0.2, -0.15) is 4.98 Å². The molecule has 2 aromatic carbocycles. The van der Waals surface area contributed by atoms with Crippen molar-refractivity contribution in [1.82, 2.24) is 10.1 Å². The van der Waals surface area contributed by atoms with Gasteiger partial charge < -0.3 is 14.4 Å². The fourth-order valence-corrected chi connectivity index (χ4v) is 2.02. The SMILES string of the molecule is Cc1ccc(Oc2ccc([N+](=O)[O-])cc2-c2ncon2)c(O)c1. The van der Waals surface area contributed by atoms with E-state index in [-0.39, 0.29) is 34.3 Å². The van der Waals surface area contributed by atoms with Crippen LogP contribution in [0, 0.1) is 17.0 Å². The monoisotopic (exact) mass is 313 g/mol. The molecule has 1 heterocycles. The molecular weight excluding hydrogens is 302 g/mol. The summed E-state index contributed by atoms with van der Waals surface area (Å²) in [6.45, 7) is 1.83. The van der Waals surface area contributed by atoms with Gasteiger partial charge in [0.15, 0.2) is 11.5 Å². The molecule has 3 rings (SSSR count). The van der Waals surface area contributed by atoms with Crippen LogP contribution in [0.4, 0.5) is 5.69 Å². The van der Waals surface area contributed by atoms with Gasteiger partial charge in [-0.25, -0.2) is 0 Å². The van der Waals surface area contributed by atoms with Crippen molar-refractivity contribution in [2.45, 2.75) is 6.92 Å². The smallest absolute Gasteiger partial charge is 0.270 e. The summed E-state index contributed by atoms with van der Waals surface area (Å²) in [5, 5.41) is 24.6. The van der Waals surface area contributed by atoms with Crippen molar-refractivity contribution >= 4 is 5.69 Å². The molecule has 0 aliphatic heterocycles. The van der Waals surface area contributed by atoms with Crippen molar-refractivity contribution in [1.29, 1.82) is 0 Å². The molecule has 0 bridgehead atoms. The van der Waals surface area contributed by atoms with E-state index in [2.05, 4.69) is 14.7 Å². The maximum Gasteiger partial charge on any atom is 0.270 e. The number of benzene rings is 2. The van der Waals surface area contributed by atoms with E-state index in [0.717, 1.165) is 12.0 Å². The van der Waals surface area contributed by atoms with Gasteiger partial charge in [0.2, 0.25) is 12.2 Å². The van der Waals surface area contributed by atoms with Crippen LogP contribution in [0.5, 0.6) is 17.2 Å². The third kappa shape index (κ3) is 2.95. The fourth-order valence-electron chi connectivity index (χ4n) is 2.02. The van der Waals surface area contributed by atoms with Crippen molar-refractivity contribution in [3.63, 3.8) is 0 Å². The van der Waals surface area contributed by atoms with Crippen molar-refractivity contribution in [2.75, 3.05) is 0 Å². The second-order valence-electron chi connectivity index (χ2n) is 4.77. The second-order valence-corrected chi connectivity index (χ2v) is 4.77. The average molecular weight is 313 g/mol. The molecule has 1 N–H and O–H groups in total. The standard InChI is InChI=1S/C15H11N3O5/c1-9-2-4-14(12(19)6-9)23-13-5-3-10(18(20)21)7-11(13)15-16-8-22-17-15/h2-8,19H,1H3. The molecular formula is C15H11N3O5. The fraction of sp³-hybridized carbons (Fsp3) is 0.0667. The summed E-state index contributed by atoms with van der Waals surface area (Å²) in [5.74, 6) is 0.586. The number of rotatable bonds is 4. The molecule has 116 valence electrons. The van der Waals surface area contributed by atoms with Crippen molar-refractivity contribution in [2.24, 2.45) is 0 Å². The Morgan fingerprint density at radius 3 is 2.65 bits per heavy atom. The zero-order chi connectivity index (χ0) is 16.4. The predicted molar refractivity (Wildman–Crippen MR) is 79.3 cm³/mol. The Kier molecular flexibility index (Phi) is 3.63. The molecule has 0 aliphatic carbocycles. The summed E-state index contributed by atoms with van der Waals surface area (Å²) < 4.78 is 10.3. The predicted octanol–water partition coefficient (Wildman–Crippen LogP) is 3.45. The molecule has 0 saturated carbocycles. The summed E-state index contributed by atoms with van der Waals surface area (Å²) >= 11 is 0. The third-order valence-corrected chi connectivity index (χ3v) is 3.11. The van der Waals surface area contributed by atoms with Crippen LogP contribution >= 0.6 is 0 Å². The molecule has 0 saturated heterocycles. The minimum Gasteiger partial charge on any atom is -0.504 e. The van der Waals surface area contributed by atoms with Crippen LogP contribution in [-0.2, 0) is 0 Å². The van der Waals surface area contributed by atoms with Crippen LogP contribution in [0.1, 0.15) is 5.56 Å². The first-order valence-electron chi connectivity index (χ1n) is 6.57. The number of aromatic hydroxyl groups is 1.